The molecular weight excluding hydrogens is 440 g/mol. The monoisotopic (exact) mass is 470 g/mol. The maximum Gasteiger partial charge on any atom is 0.225 e. The number of aliphatic imine (C=N–C) groups is 1. The van der Waals surface area contributed by atoms with Crippen LogP contribution in [0.25, 0.3) is 22.2 Å². The number of nitrogens with one attached hydrogen (secondary N) is 1. The molecule has 35 heavy (non-hydrogen) atoms. The number of hydrogen-bond donors (Lipinski definition) is 1. The van der Waals surface area contributed by atoms with Gasteiger partial charge in [0.05, 0.1) is 29.4 Å². The van der Waals surface area contributed by atoms with E-state index < -0.39 is 0 Å². The fourth-order valence-corrected chi connectivity index (χ4v) is 4.30. The van der Waals surface area contributed by atoms with Crippen LogP contribution in [0.5, 0.6) is 0 Å². The Labute approximate surface area is 205 Å². The van der Waals surface area contributed by atoms with Gasteiger partial charge >= 0.3 is 0 Å². The van der Waals surface area contributed by atoms with E-state index in [0.717, 1.165) is 41.1 Å². The molecule has 1 N–H and O–H groups in total. The molecule has 9 heteroatoms. The third-order valence-electron chi connectivity index (χ3n) is 6.14. The second-order valence-electron chi connectivity index (χ2n) is 9.07. The molecule has 4 rings (SSSR count). The summed E-state index contributed by atoms with van der Waals surface area (Å²) in [5.74, 6) is 0.890. The van der Waals surface area contributed by atoms with Crippen LogP contribution < -0.4 is 5.32 Å². The number of pyridine rings is 1. The minimum absolute atomic E-state index is 0.0360. The third-order valence-corrected chi connectivity index (χ3v) is 6.14. The first-order valence-electron chi connectivity index (χ1n) is 11.6. The van der Waals surface area contributed by atoms with E-state index in [4.69, 9.17) is 4.99 Å². The Morgan fingerprint density at radius 2 is 2.11 bits per heavy atom. The smallest absolute Gasteiger partial charge is 0.225 e. The van der Waals surface area contributed by atoms with Crippen molar-refractivity contribution in [1.29, 1.82) is 5.26 Å². The number of amides is 1. The van der Waals surface area contributed by atoms with E-state index in [1.165, 1.54) is 0 Å². The highest BCUT2D eigenvalue weighted by molar-refractivity contribution is 5.90. The quantitative estimate of drug-likeness (QED) is 0.338. The van der Waals surface area contributed by atoms with Crippen LogP contribution in [0, 0.1) is 17.2 Å². The highest BCUT2D eigenvalue weighted by atomic mass is 16.2. The minimum Gasteiger partial charge on any atom is -0.359 e. The minimum atomic E-state index is -0.0360. The van der Waals surface area contributed by atoms with Crippen LogP contribution in [-0.2, 0) is 11.8 Å². The largest absolute Gasteiger partial charge is 0.359 e. The third kappa shape index (κ3) is 5.01. The Hall–Kier alpha value is -4.19. The molecule has 180 valence electrons. The molecule has 1 amide bonds. The van der Waals surface area contributed by atoms with Crippen molar-refractivity contribution in [3.63, 3.8) is 0 Å². The van der Waals surface area contributed by atoms with Crippen LogP contribution >= 0.6 is 0 Å². The summed E-state index contributed by atoms with van der Waals surface area (Å²) in [6, 6.07) is 4.37. The second kappa shape index (κ2) is 9.97. The van der Waals surface area contributed by atoms with Crippen molar-refractivity contribution < 1.29 is 4.79 Å². The Kier molecular flexibility index (Phi) is 6.82. The number of aromatic nitrogens is 4. The second-order valence-corrected chi connectivity index (χ2v) is 9.07. The number of carbonyl (C=O) groups excluding carboxylic acids is 1. The molecule has 0 aromatic carbocycles. The lowest BCUT2D eigenvalue weighted by atomic mass is 10.0. The molecule has 3 aromatic rings. The van der Waals surface area contributed by atoms with Crippen molar-refractivity contribution in [2.75, 3.05) is 13.1 Å². The van der Waals surface area contributed by atoms with Gasteiger partial charge in [0.2, 0.25) is 5.91 Å². The zero-order chi connectivity index (χ0) is 25.1. The van der Waals surface area contributed by atoms with Gasteiger partial charge in [0.1, 0.15) is 11.9 Å². The molecule has 1 saturated heterocycles. The number of nitrogens with zero attached hydrogens (tertiary/aromatic N) is 7. The first-order chi connectivity index (χ1) is 16.8. The Morgan fingerprint density at radius 3 is 2.77 bits per heavy atom. The molecule has 1 aliphatic rings. The molecule has 1 atom stereocenters. The van der Waals surface area contributed by atoms with Gasteiger partial charge in [0.15, 0.2) is 0 Å². The lowest BCUT2D eigenvalue weighted by molar-refractivity contribution is -0.125. The first-order valence-corrected chi connectivity index (χ1v) is 11.6. The van der Waals surface area contributed by atoms with Crippen molar-refractivity contribution >= 4 is 22.8 Å². The van der Waals surface area contributed by atoms with Crippen molar-refractivity contribution in [3.05, 3.63) is 60.8 Å². The normalized spacial score (nSPS) is 16.7. The summed E-state index contributed by atoms with van der Waals surface area (Å²) >= 11 is 0. The number of rotatable bonds is 6. The van der Waals surface area contributed by atoms with Gasteiger partial charge in [-0.1, -0.05) is 12.7 Å². The molecule has 0 unspecified atom stereocenters. The summed E-state index contributed by atoms with van der Waals surface area (Å²) in [7, 11) is 1.87. The predicted octanol–water partition coefficient (Wildman–Crippen LogP) is 3.40. The molecule has 9 nitrogen and oxygen atoms in total. The summed E-state index contributed by atoms with van der Waals surface area (Å²) in [5, 5.41) is 21.3. The Bertz CT molecular complexity index is 1370. The van der Waals surface area contributed by atoms with Crippen LogP contribution in [0.1, 0.15) is 38.3 Å². The lowest BCUT2D eigenvalue weighted by Gasteiger charge is -2.18. The van der Waals surface area contributed by atoms with Gasteiger partial charge in [-0.3, -0.25) is 9.48 Å². The van der Waals surface area contributed by atoms with E-state index >= 15 is 0 Å². The highest BCUT2D eigenvalue weighted by Crippen LogP contribution is 2.30. The topological polar surface area (TPSA) is 104 Å². The maximum atomic E-state index is 12.4. The van der Waals surface area contributed by atoms with E-state index in [1.807, 2.05) is 46.3 Å². The van der Waals surface area contributed by atoms with E-state index in [0.29, 0.717) is 17.6 Å². The maximum absolute atomic E-state index is 12.4. The van der Waals surface area contributed by atoms with Gasteiger partial charge in [0, 0.05) is 67.0 Å². The van der Waals surface area contributed by atoms with Crippen LogP contribution in [0.4, 0.5) is 0 Å². The molecule has 1 aliphatic heterocycles. The van der Waals surface area contributed by atoms with Gasteiger partial charge in [-0.15, -0.1) is 0 Å². The van der Waals surface area contributed by atoms with Gasteiger partial charge in [-0.2, -0.15) is 15.5 Å². The van der Waals surface area contributed by atoms with Gasteiger partial charge in [0.25, 0.3) is 0 Å². The summed E-state index contributed by atoms with van der Waals surface area (Å²) in [4.78, 5) is 19.2. The molecule has 0 saturated carbocycles. The van der Waals surface area contributed by atoms with Crippen molar-refractivity contribution in [2.45, 2.75) is 33.2 Å². The fraction of sp³-hybridized carbons (Fsp3) is 0.346. The van der Waals surface area contributed by atoms with Gasteiger partial charge in [-0.25, -0.2) is 9.51 Å². The Morgan fingerprint density at radius 1 is 1.31 bits per heavy atom. The number of amidine groups is 1. The van der Waals surface area contributed by atoms with E-state index in [-0.39, 0.29) is 17.9 Å². The Balaban J connectivity index is 1.67. The summed E-state index contributed by atoms with van der Waals surface area (Å²) in [5.41, 5.74) is 4.61. The number of aryl methyl sites for hydroxylation is 1. The summed E-state index contributed by atoms with van der Waals surface area (Å²) in [6.45, 7) is 11.3. The number of carbonyl (C=O) groups is 1. The summed E-state index contributed by atoms with van der Waals surface area (Å²) in [6.07, 6.45) is 11.5. The fourth-order valence-electron chi connectivity index (χ4n) is 4.30. The molecule has 4 heterocycles. The van der Waals surface area contributed by atoms with Gasteiger partial charge in [-0.05, 0) is 33.3 Å². The molecule has 1 fully saturated rings. The van der Waals surface area contributed by atoms with Crippen LogP contribution in [0.15, 0.2) is 54.7 Å². The standard InChI is InChI=1S/C26H30N8O/c1-6-19(11-28-18(4)33-8-7-20(15-33)26(35)31-17(2)3)24-9-21(23-13-29-32(5)14-23)16-34-25(24)22(10-27)12-30-34/h6,9,11-14,16-17,20H,1,7-8,15H2,2-5H3,(H,31,35)/b19-11+,28-18+/t20-/m0/s1. The number of allylic oxidation sites excluding steroid dienone is 2. The van der Waals surface area contributed by atoms with E-state index in [1.54, 1.807) is 33.9 Å². The average Bonchev–Trinajstić information content (AvgIpc) is 3.58. The number of fused-ring (bicyclic) bond motifs is 1. The van der Waals surface area contributed by atoms with Crippen LogP contribution in [0.3, 0.4) is 0 Å². The molecule has 3 aromatic heterocycles. The number of likely N-dealkylation sites (tertiary alicyclic amines) is 1. The van der Waals surface area contributed by atoms with E-state index in [9.17, 15) is 10.1 Å². The van der Waals surface area contributed by atoms with Gasteiger partial charge < -0.3 is 10.2 Å². The molecular formula is C26H30N8O. The molecule has 0 bridgehead atoms. The van der Waals surface area contributed by atoms with E-state index in [2.05, 4.69) is 33.1 Å². The number of nitriles is 1. The zero-order valence-electron chi connectivity index (χ0n) is 20.6. The van der Waals surface area contributed by atoms with Crippen molar-refractivity contribution in [1.82, 2.24) is 29.6 Å². The molecule has 0 radical (unpaired) electrons. The SMILES string of the molecule is C=C/C(=C\N=C(/C)N1CC[C@H](C(=O)NC(C)C)C1)c1cc(-c2cnn(C)c2)cn2ncc(C#N)c12. The highest BCUT2D eigenvalue weighted by Gasteiger charge is 2.29. The first kappa shape index (κ1) is 24.0. The van der Waals surface area contributed by atoms with Crippen molar-refractivity contribution in [3.8, 4) is 17.2 Å². The summed E-state index contributed by atoms with van der Waals surface area (Å²) < 4.78 is 3.45. The average molecular weight is 471 g/mol. The predicted molar refractivity (Wildman–Crippen MR) is 136 cm³/mol. The lowest BCUT2D eigenvalue weighted by Crippen LogP contribution is -2.37. The van der Waals surface area contributed by atoms with Crippen molar-refractivity contribution in [2.24, 2.45) is 18.0 Å². The van der Waals surface area contributed by atoms with Crippen LogP contribution in [-0.4, -0.2) is 55.2 Å². The number of hydrogen-bond acceptors (Lipinski definition) is 5. The molecule has 0 spiro atoms. The van der Waals surface area contributed by atoms with Crippen LogP contribution in [0.2, 0.25) is 0 Å². The molecule has 0 aliphatic carbocycles. The zero-order valence-corrected chi connectivity index (χ0v) is 20.6.